The number of aromatic nitrogens is 2. The lowest BCUT2D eigenvalue weighted by Gasteiger charge is -2.47. The van der Waals surface area contributed by atoms with E-state index in [1.165, 1.54) is 12.7 Å². The molecule has 3 heterocycles. The summed E-state index contributed by atoms with van der Waals surface area (Å²) in [6.45, 7) is 9.26. The van der Waals surface area contributed by atoms with E-state index in [-0.39, 0.29) is 29.7 Å². The number of carbonyl (C=O) groups excluding carboxylic acids is 1. The number of fused-ring (bicyclic) bond motifs is 2. The predicted octanol–water partition coefficient (Wildman–Crippen LogP) is 4.62. The summed E-state index contributed by atoms with van der Waals surface area (Å²) in [4.78, 5) is 31.3. The van der Waals surface area contributed by atoms with E-state index in [0.717, 1.165) is 11.9 Å². The van der Waals surface area contributed by atoms with Gasteiger partial charge in [-0.3, -0.25) is 4.90 Å². The van der Waals surface area contributed by atoms with Gasteiger partial charge in [-0.05, 0) is 30.5 Å². The Balaban J connectivity index is 1.42. The summed E-state index contributed by atoms with van der Waals surface area (Å²) in [6, 6.07) is 5.08. The van der Waals surface area contributed by atoms with Crippen molar-refractivity contribution in [2.24, 2.45) is 21.1 Å². The normalized spacial score (nSPS) is 21.6. The number of amides is 1. The van der Waals surface area contributed by atoms with Gasteiger partial charge < -0.3 is 25.3 Å². The summed E-state index contributed by atoms with van der Waals surface area (Å²) in [6.07, 6.45) is 4.78. The van der Waals surface area contributed by atoms with Gasteiger partial charge in [0.05, 0.1) is 60.2 Å². The summed E-state index contributed by atoms with van der Waals surface area (Å²) in [5.74, 6) is 1.06. The minimum Gasteiger partial charge on any atom is -0.474 e. The first kappa shape index (κ1) is 27.6. The van der Waals surface area contributed by atoms with E-state index in [9.17, 15) is 4.79 Å². The molecule has 2 aromatic rings. The number of aliphatic imine (C=N–C) groups is 2. The second-order valence-corrected chi connectivity index (χ2v) is 11.0. The van der Waals surface area contributed by atoms with Crippen LogP contribution in [0.25, 0.3) is 0 Å². The Labute approximate surface area is 227 Å². The Morgan fingerprint density at radius 2 is 2.03 bits per heavy atom. The molecule has 0 spiro atoms. The second-order valence-electron chi connectivity index (χ2n) is 10.6. The SMILES string of the molecule is Cc1c(Nc2ccc(N=CN=CN)cc2Cl)ncnc1OC1CC2COCC(C1)N2C(=O)OCC(C)(C)C. The van der Waals surface area contributed by atoms with Crippen molar-refractivity contribution in [3.05, 3.63) is 35.1 Å². The van der Waals surface area contributed by atoms with E-state index in [0.29, 0.717) is 60.8 Å². The zero-order valence-corrected chi connectivity index (χ0v) is 22.8. The molecule has 1 aromatic carbocycles. The van der Waals surface area contributed by atoms with Crippen molar-refractivity contribution in [2.45, 2.75) is 58.7 Å². The van der Waals surface area contributed by atoms with Crippen molar-refractivity contribution in [1.29, 1.82) is 0 Å². The van der Waals surface area contributed by atoms with Crippen LogP contribution in [0.4, 0.5) is 22.0 Å². The van der Waals surface area contributed by atoms with E-state index in [2.05, 4.69) is 25.3 Å². The minimum absolute atomic E-state index is 0.0985. The Hall–Kier alpha value is -3.44. The highest BCUT2D eigenvalue weighted by Crippen LogP contribution is 2.34. The molecule has 2 aliphatic heterocycles. The first-order valence-electron chi connectivity index (χ1n) is 12.5. The molecule has 11 nitrogen and oxygen atoms in total. The number of nitrogens with zero attached hydrogens (tertiary/aromatic N) is 5. The Morgan fingerprint density at radius 3 is 2.68 bits per heavy atom. The largest absolute Gasteiger partial charge is 0.474 e. The third-order valence-corrected chi connectivity index (χ3v) is 6.51. The molecular weight excluding hydrogens is 510 g/mol. The number of carbonyl (C=O) groups is 1. The van der Waals surface area contributed by atoms with E-state index in [1.807, 2.05) is 32.6 Å². The van der Waals surface area contributed by atoms with Crippen LogP contribution in [0.3, 0.4) is 0 Å². The summed E-state index contributed by atoms with van der Waals surface area (Å²) in [7, 11) is 0. The molecule has 0 aliphatic carbocycles. The van der Waals surface area contributed by atoms with Crippen LogP contribution in [0.1, 0.15) is 39.2 Å². The number of morpholine rings is 1. The lowest BCUT2D eigenvalue weighted by molar-refractivity contribution is -0.0928. The van der Waals surface area contributed by atoms with Gasteiger partial charge in [-0.2, -0.15) is 0 Å². The molecule has 204 valence electrons. The summed E-state index contributed by atoms with van der Waals surface area (Å²) in [5.41, 5.74) is 7.16. The van der Waals surface area contributed by atoms with Gasteiger partial charge in [0.1, 0.15) is 24.6 Å². The number of nitrogens with one attached hydrogen (secondary N) is 1. The van der Waals surface area contributed by atoms with Crippen LogP contribution in [0, 0.1) is 12.3 Å². The fourth-order valence-electron chi connectivity index (χ4n) is 4.40. The van der Waals surface area contributed by atoms with Crippen molar-refractivity contribution in [3.63, 3.8) is 0 Å². The second kappa shape index (κ2) is 12.0. The van der Waals surface area contributed by atoms with Crippen molar-refractivity contribution >= 4 is 47.6 Å². The number of benzene rings is 1. The monoisotopic (exact) mass is 543 g/mol. The molecule has 2 atom stereocenters. The maximum Gasteiger partial charge on any atom is 0.410 e. The van der Waals surface area contributed by atoms with Crippen LogP contribution in [0.15, 0.2) is 34.5 Å². The lowest BCUT2D eigenvalue weighted by atomic mass is 9.92. The third kappa shape index (κ3) is 6.90. The van der Waals surface area contributed by atoms with Gasteiger partial charge in [-0.1, -0.05) is 32.4 Å². The van der Waals surface area contributed by atoms with Gasteiger partial charge >= 0.3 is 6.09 Å². The topological polar surface area (TPSA) is 137 Å². The smallest absolute Gasteiger partial charge is 0.410 e. The van der Waals surface area contributed by atoms with Gasteiger partial charge in [0, 0.05) is 12.8 Å². The molecule has 38 heavy (non-hydrogen) atoms. The number of hydrogen-bond donors (Lipinski definition) is 2. The van der Waals surface area contributed by atoms with Crippen LogP contribution in [-0.4, -0.2) is 71.6 Å². The molecule has 2 bridgehead atoms. The molecule has 12 heteroatoms. The number of halogens is 1. The van der Waals surface area contributed by atoms with Crippen LogP contribution in [-0.2, 0) is 9.47 Å². The molecule has 0 radical (unpaired) electrons. The third-order valence-electron chi connectivity index (χ3n) is 6.20. The predicted molar refractivity (Wildman–Crippen MR) is 147 cm³/mol. The molecule has 2 saturated heterocycles. The number of nitrogens with two attached hydrogens (primary N) is 1. The molecular formula is C26H34ClN7O4. The number of piperidine rings is 1. The molecule has 1 amide bonds. The van der Waals surface area contributed by atoms with Crippen molar-refractivity contribution in [1.82, 2.24) is 14.9 Å². The van der Waals surface area contributed by atoms with Gasteiger partial charge in [-0.15, -0.1) is 0 Å². The Kier molecular flexibility index (Phi) is 8.68. The standard InChI is InChI=1S/C26H34ClN7O4/c1-16-23(33-22-6-5-17(7-21(22)27)30-14-29-13-28)31-15-32-24(16)38-20-8-18-10-36-11-19(9-20)34(18)25(35)37-12-26(2,3)4/h5-7,13-15,18-20H,8-12H2,1-4H3,(H2,28,29,30)(H,31,32,33). The molecule has 2 aliphatic rings. The Morgan fingerprint density at radius 1 is 1.29 bits per heavy atom. The highest BCUT2D eigenvalue weighted by Gasteiger charge is 2.43. The number of ether oxygens (including phenoxy) is 3. The minimum atomic E-state index is -0.290. The van der Waals surface area contributed by atoms with E-state index in [4.69, 9.17) is 31.5 Å². The van der Waals surface area contributed by atoms with Crippen molar-refractivity contribution in [3.8, 4) is 5.88 Å². The first-order chi connectivity index (χ1) is 18.1. The average Bonchev–Trinajstić information content (AvgIpc) is 2.85. The highest BCUT2D eigenvalue weighted by molar-refractivity contribution is 6.33. The number of anilines is 2. The van der Waals surface area contributed by atoms with Crippen molar-refractivity contribution < 1.29 is 19.0 Å². The molecule has 4 rings (SSSR count). The first-order valence-corrected chi connectivity index (χ1v) is 12.9. The van der Waals surface area contributed by atoms with Crippen LogP contribution in [0.5, 0.6) is 5.88 Å². The zero-order chi connectivity index (χ0) is 27.3. The van der Waals surface area contributed by atoms with Crippen molar-refractivity contribution in [2.75, 3.05) is 25.1 Å². The quantitative estimate of drug-likeness (QED) is 0.381. The fraction of sp³-hybridized carbons (Fsp3) is 0.500. The van der Waals surface area contributed by atoms with Gasteiger partial charge in [0.15, 0.2) is 0 Å². The molecule has 0 saturated carbocycles. The zero-order valence-electron chi connectivity index (χ0n) is 22.1. The maximum atomic E-state index is 12.9. The average molecular weight is 544 g/mol. The summed E-state index contributed by atoms with van der Waals surface area (Å²) < 4.78 is 17.7. The van der Waals surface area contributed by atoms with E-state index < -0.39 is 0 Å². The molecule has 2 fully saturated rings. The number of hydrogen-bond acceptors (Lipinski definition) is 8. The highest BCUT2D eigenvalue weighted by atomic mass is 35.5. The summed E-state index contributed by atoms with van der Waals surface area (Å²) >= 11 is 6.45. The van der Waals surface area contributed by atoms with Crippen LogP contribution >= 0.6 is 11.6 Å². The van der Waals surface area contributed by atoms with E-state index in [1.54, 1.807) is 18.2 Å². The van der Waals surface area contributed by atoms with E-state index >= 15 is 0 Å². The van der Waals surface area contributed by atoms with Crippen LogP contribution < -0.4 is 15.8 Å². The summed E-state index contributed by atoms with van der Waals surface area (Å²) in [5, 5.41) is 3.71. The fourth-order valence-corrected chi connectivity index (χ4v) is 4.62. The van der Waals surface area contributed by atoms with Gasteiger partial charge in [0.25, 0.3) is 0 Å². The van der Waals surface area contributed by atoms with Gasteiger partial charge in [0.2, 0.25) is 5.88 Å². The molecule has 3 N–H and O–H groups in total. The van der Waals surface area contributed by atoms with Gasteiger partial charge in [-0.25, -0.2) is 24.7 Å². The van der Waals surface area contributed by atoms with Crippen LogP contribution in [0.2, 0.25) is 5.02 Å². The maximum absolute atomic E-state index is 12.9. The lowest BCUT2D eigenvalue weighted by Crippen LogP contribution is -2.61. The number of rotatable bonds is 7. The molecule has 2 unspecified atom stereocenters. The molecule has 1 aromatic heterocycles. The Bertz CT molecular complexity index is 1190.